The van der Waals surface area contributed by atoms with Crippen LogP contribution in [-0.4, -0.2) is 58.0 Å². The van der Waals surface area contributed by atoms with Crippen molar-refractivity contribution < 1.29 is 5.11 Å². The van der Waals surface area contributed by atoms with E-state index in [0.717, 1.165) is 26.1 Å². The summed E-state index contributed by atoms with van der Waals surface area (Å²) < 4.78 is 1.99. The first-order chi connectivity index (χ1) is 14.1. The van der Waals surface area contributed by atoms with Crippen molar-refractivity contribution in [2.75, 3.05) is 27.2 Å². The zero-order valence-electron chi connectivity index (χ0n) is 17.3. The number of benzene rings is 2. The molecule has 5 heteroatoms. The van der Waals surface area contributed by atoms with E-state index < -0.39 is 6.10 Å². The van der Waals surface area contributed by atoms with Crippen molar-refractivity contribution in [2.24, 2.45) is 0 Å². The highest BCUT2D eigenvalue weighted by molar-refractivity contribution is 5.27. The minimum Gasteiger partial charge on any atom is -0.389 e. The van der Waals surface area contributed by atoms with Crippen LogP contribution in [0.15, 0.2) is 73.1 Å². The van der Waals surface area contributed by atoms with Gasteiger partial charge < -0.3 is 5.11 Å². The maximum Gasteiger partial charge on any atom is 0.0892 e. The first-order valence-corrected chi connectivity index (χ1v) is 10.3. The molecule has 0 radical (unpaired) electrons. The molecule has 152 valence electrons. The summed E-state index contributed by atoms with van der Waals surface area (Å²) >= 11 is 0. The van der Waals surface area contributed by atoms with E-state index in [4.69, 9.17) is 0 Å². The Bertz CT molecular complexity index is 909. The third kappa shape index (κ3) is 4.13. The van der Waals surface area contributed by atoms with Gasteiger partial charge >= 0.3 is 0 Å². The molecule has 3 aromatic rings. The molecule has 0 aliphatic carbocycles. The van der Waals surface area contributed by atoms with Crippen molar-refractivity contribution >= 4 is 0 Å². The topological polar surface area (TPSA) is 44.5 Å². The zero-order valence-corrected chi connectivity index (χ0v) is 17.3. The van der Waals surface area contributed by atoms with Crippen LogP contribution in [0.25, 0.3) is 0 Å². The number of likely N-dealkylation sites (N-methyl/N-ethyl adjacent to an activating group) is 1. The summed E-state index contributed by atoms with van der Waals surface area (Å²) in [7, 11) is 4.14. The van der Waals surface area contributed by atoms with E-state index in [-0.39, 0.29) is 5.54 Å². The smallest absolute Gasteiger partial charge is 0.0892 e. The third-order valence-corrected chi connectivity index (χ3v) is 6.14. The first kappa shape index (κ1) is 19.8. The molecule has 1 aromatic heterocycles. The number of likely N-dealkylation sites (tertiary alicyclic amines) is 1. The molecule has 1 N–H and O–H groups in total. The summed E-state index contributed by atoms with van der Waals surface area (Å²) in [4.78, 5) is 4.52. The molecule has 0 unspecified atom stereocenters. The van der Waals surface area contributed by atoms with Crippen LogP contribution in [0, 0.1) is 0 Å². The fourth-order valence-electron chi connectivity index (χ4n) is 4.57. The van der Waals surface area contributed by atoms with E-state index in [1.807, 2.05) is 23.0 Å². The Kier molecular flexibility index (Phi) is 5.81. The van der Waals surface area contributed by atoms with Crippen molar-refractivity contribution in [2.45, 2.75) is 31.2 Å². The first-order valence-electron chi connectivity index (χ1n) is 10.3. The van der Waals surface area contributed by atoms with Crippen molar-refractivity contribution in [3.05, 3.63) is 89.7 Å². The van der Waals surface area contributed by atoms with Gasteiger partial charge in [0.15, 0.2) is 0 Å². The predicted octanol–water partition coefficient (Wildman–Crippen LogP) is 2.96. The summed E-state index contributed by atoms with van der Waals surface area (Å²) in [6, 6.07) is 20.8. The number of piperidine rings is 1. The number of hydrogen-bond donors (Lipinski definition) is 1. The largest absolute Gasteiger partial charge is 0.389 e. The SMILES string of the molecule is CN(C)[C@]1(c2ccccc2)CCN(Cc2cnn(Cc3ccccc3)c2)C[C@H]1O. The Labute approximate surface area is 173 Å². The van der Waals surface area contributed by atoms with Crippen LogP contribution in [0.3, 0.4) is 0 Å². The van der Waals surface area contributed by atoms with E-state index in [1.165, 1.54) is 16.7 Å². The monoisotopic (exact) mass is 390 g/mol. The summed E-state index contributed by atoms with van der Waals surface area (Å²) in [5, 5.41) is 15.7. The molecule has 0 spiro atoms. The molecular formula is C24H30N4O. The van der Waals surface area contributed by atoms with Crippen LogP contribution in [-0.2, 0) is 18.6 Å². The standard InChI is InChI=1S/C24H30N4O/c1-26(2)24(22-11-7-4-8-12-22)13-14-27(19-23(24)29)16-21-15-25-28(18-21)17-20-9-5-3-6-10-20/h3-12,15,18,23,29H,13-14,16-17,19H2,1-2H3/t23-,24+/m1/s1. The maximum atomic E-state index is 11.2. The molecule has 0 amide bonds. The Morgan fingerprint density at radius 1 is 1.00 bits per heavy atom. The second-order valence-corrected chi connectivity index (χ2v) is 8.22. The number of aliphatic hydroxyl groups excluding tert-OH is 1. The number of hydrogen-bond acceptors (Lipinski definition) is 4. The number of nitrogens with zero attached hydrogens (tertiary/aromatic N) is 4. The van der Waals surface area contributed by atoms with E-state index in [9.17, 15) is 5.11 Å². The molecule has 1 aliphatic heterocycles. The predicted molar refractivity (Wildman–Crippen MR) is 115 cm³/mol. The van der Waals surface area contributed by atoms with E-state index in [1.54, 1.807) is 0 Å². The van der Waals surface area contributed by atoms with Gasteiger partial charge in [0.2, 0.25) is 0 Å². The maximum absolute atomic E-state index is 11.2. The average molecular weight is 391 g/mol. The van der Waals surface area contributed by atoms with Crippen molar-refractivity contribution in [3.8, 4) is 0 Å². The summed E-state index contributed by atoms with van der Waals surface area (Å²) in [5.41, 5.74) is 3.28. The molecule has 4 rings (SSSR count). The Morgan fingerprint density at radius 2 is 1.69 bits per heavy atom. The lowest BCUT2D eigenvalue weighted by molar-refractivity contribution is -0.0702. The van der Waals surface area contributed by atoms with E-state index in [2.05, 4.69) is 83.7 Å². The van der Waals surface area contributed by atoms with Crippen LogP contribution < -0.4 is 0 Å². The van der Waals surface area contributed by atoms with Gasteiger partial charge in [0.25, 0.3) is 0 Å². The number of β-amino-alcohol motifs (C(OH)–C–C–N with tert-alkyl or cyclic N) is 1. The highest BCUT2D eigenvalue weighted by Gasteiger charge is 2.45. The van der Waals surface area contributed by atoms with Crippen LogP contribution in [0.5, 0.6) is 0 Å². The minimum absolute atomic E-state index is 0.338. The molecule has 1 fully saturated rings. The van der Waals surface area contributed by atoms with Crippen molar-refractivity contribution in [3.63, 3.8) is 0 Å². The average Bonchev–Trinajstić information content (AvgIpc) is 3.16. The fourth-order valence-corrected chi connectivity index (χ4v) is 4.57. The summed E-state index contributed by atoms with van der Waals surface area (Å²) in [6.07, 6.45) is 4.50. The van der Waals surface area contributed by atoms with Gasteiger partial charge in [-0.3, -0.25) is 14.5 Å². The Hall–Kier alpha value is -2.47. The second kappa shape index (κ2) is 8.49. The van der Waals surface area contributed by atoms with Crippen LogP contribution in [0.2, 0.25) is 0 Å². The molecule has 2 heterocycles. The molecule has 2 atom stereocenters. The van der Waals surface area contributed by atoms with Crippen LogP contribution >= 0.6 is 0 Å². The van der Waals surface area contributed by atoms with Crippen LogP contribution in [0.4, 0.5) is 0 Å². The van der Waals surface area contributed by atoms with E-state index >= 15 is 0 Å². The molecule has 0 bridgehead atoms. The summed E-state index contributed by atoms with van der Waals surface area (Å²) in [5.74, 6) is 0. The van der Waals surface area contributed by atoms with Gasteiger partial charge in [-0.1, -0.05) is 60.7 Å². The van der Waals surface area contributed by atoms with Gasteiger partial charge in [0, 0.05) is 31.4 Å². The molecule has 29 heavy (non-hydrogen) atoms. The lowest BCUT2D eigenvalue weighted by atomic mass is 9.77. The van der Waals surface area contributed by atoms with Crippen molar-refractivity contribution in [1.82, 2.24) is 19.6 Å². The summed E-state index contributed by atoms with van der Waals surface area (Å²) in [6.45, 7) is 3.18. The highest BCUT2D eigenvalue weighted by Crippen LogP contribution is 2.37. The lowest BCUT2D eigenvalue weighted by Gasteiger charge is -2.50. The number of rotatable bonds is 6. The zero-order chi connectivity index (χ0) is 20.3. The molecule has 0 saturated carbocycles. The molecular weight excluding hydrogens is 360 g/mol. The lowest BCUT2D eigenvalue weighted by Crippen LogP contribution is -2.59. The van der Waals surface area contributed by atoms with Gasteiger partial charge in [-0.25, -0.2) is 0 Å². The second-order valence-electron chi connectivity index (χ2n) is 8.22. The highest BCUT2D eigenvalue weighted by atomic mass is 16.3. The fraction of sp³-hybridized carbons (Fsp3) is 0.375. The van der Waals surface area contributed by atoms with Crippen molar-refractivity contribution in [1.29, 1.82) is 0 Å². The molecule has 5 nitrogen and oxygen atoms in total. The third-order valence-electron chi connectivity index (χ3n) is 6.14. The van der Waals surface area contributed by atoms with Gasteiger partial charge in [-0.05, 0) is 31.6 Å². The Morgan fingerprint density at radius 3 is 2.34 bits per heavy atom. The van der Waals surface area contributed by atoms with Crippen LogP contribution in [0.1, 0.15) is 23.1 Å². The Balaban J connectivity index is 1.43. The number of aromatic nitrogens is 2. The van der Waals surface area contributed by atoms with Gasteiger partial charge in [0.05, 0.1) is 24.4 Å². The molecule has 1 aliphatic rings. The van der Waals surface area contributed by atoms with Gasteiger partial charge in [-0.2, -0.15) is 5.10 Å². The van der Waals surface area contributed by atoms with Gasteiger partial charge in [0.1, 0.15) is 0 Å². The minimum atomic E-state index is -0.451. The van der Waals surface area contributed by atoms with E-state index in [0.29, 0.717) is 6.54 Å². The van der Waals surface area contributed by atoms with Gasteiger partial charge in [-0.15, -0.1) is 0 Å². The molecule has 2 aromatic carbocycles. The normalized spacial score (nSPS) is 22.8. The molecule has 1 saturated heterocycles. The quantitative estimate of drug-likeness (QED) is 0.703. The number of aliphatic hydroxyl groups is 1.